The molecule has 0 spiro atoms. The minimum Gasteiger partial charge on any atom is -0.476 e. The van der Waals surface area contributed by atoms with Gasteiger partial charge in [-0.2, -0.15) is 0 Å². The molecule has 1 heterocycles. The van der Waals surface area contributed by atoms with Gasteiger partial charge in [-0.25, -0.2) is 4.98 Å². The van der Waals surface area contributed by atoms with Crippen molar-refractivity contribution in [1.29, 1.82) is 0 Å². The lowest BCUT2D eigenvalue weighted by Crippen LogP contribution is -2.23. The van der Waals surface area contributed by atoms with E-state index in [2.05, 4.69) is 17.2 Å². The molecule has 0 aliphatic heterocycles. The highest BCUT2D eigenvalue weighted by molar-refractivity contribution is 5.52. The van der Waals surface area contributed by atoms with E-state index in [1.807, 2.05) is 19.1 Å². The molecule has 0 saturated heterocycles. The van der Waals surface area contributed by atoms with Gasteiger partial charge in [0.2, 0.25) is 5.88 Å². The van der Waals surface area contributed by atoms with E-state index < -0.39 is 0 Å². The van der Waals surface area contributed by atoms with Crippen LogP contribution in [0.5, 0.6) is 5.88 Å². The van der Waals surface area contributed by atoms with Crippen LogP contribution in [-0.2, 0) is 0 Å². The maximum absolute atomic E-state index is 5.51. The van der Waals surface area contributed by atoms with Crippen molar-refractivity contribution in [3.63, 3.8) is 0 Å². The van der Waals surface area contributed by atoms with E-state index in [4.69, 9.17) is 4.74 Å². The van der Waals surface area contributed by atoms with Gasteiger partial charge in [-0.3, -0.25) is 0 Å². The monoisotopic (exact) mass is 234 g/mol. The molecule has 3 nitrogen and oxygen atoms in total. The fourth-order valence-electron chi connectivity index (χ4n) is 2.31. The highest BCUT2D eigenvalue weighted by Gasteiger charge is 2.20. The molecule has 1 atom stereocenters. The molecule has 0 radical (unpaired) electrons. The van der Waals surface area contributed by atoms with Gasteiger partial charge in [-0.05, 0) is 38.3 Å². The molecule has 94 valence electrons. The van der Waals surface area contributed by atoms with Crippen LogP contribution >= 0.6 is 0 Å². The maximum Gasteiger partial charge on any atom is 0.237 e. The predicted octanol–water partition coefficient (Wildman–Crippen LogP) is 3.47. The van der Waals surface area contributed by atoms with Gasteiger partial charge in [0.1, 0.15) is 0 Å². The van der Waals surface area contributed by atoms with Crippen LogP contribution in [0.25, 0.3) is 0 Å². The normalized spacial score (nSPS) is 17.3. The number of pyridine rings is 1. The van der Waals surface area contributed by atoms with Gasteiger partial charge in [0.15, 0.2) is 0 Å². The molecular formula is C14H22N2O. The largest absolute Gasteiger partial charge is 0.476 e. The summed E-state index contributed by atoms with van der Waals surface area (Å²) in [6, 6.07) is 4.47. The average molecular weight is 234 g/mol. The lowest BCUT2D eigenvalue weighted by Gasteiger charge is -2.29. The second kappa shape index (κ2) is 5.89. The van der Waals surface area contributed by atoms with Crippen LogP contribution in [0.2, 0.25) is 0 Å². The van der Waals surface area contributed by atoms with Crippen molar-refractivity contribution in [3.05, 3.63) is 18.3 Å². The molecule has 17 heavy (non-hydrogen) atoms. The molecule has 1 fully saturated rings. The Morgan fingerprint density at radius 2 is 2.35 bits per heavy atom. The standard InChI is InChI=1S/C14H22N2O/c1-3-17-14-13(8-5-9-15-14)16-11(2)10-12-6-4-7-12/h5,8-9,11-12,16H,3-4,6-7,10H2,1-2H3. The first-order valence-corrected chi connectivity index (χ1v) is 6.64. The summed E-state index contributed by atoms with van der Waals surface area (Å²) < 4.78 is 5.51. The SMILES string of the molecule is CCOc1ncccc1NC(C)CC1CCC1. The molecule has 1 aromatic rings. The van der Waals surface area contributed by atoms with Crippen LogP contribution in [-0.4, -0.2) is 17.6 Å². The van der Waals surface area contributed by atoms with Crippen molar-refractivity contribution in [2.75, 3.05) is 11.9 Å². The third kappa shape index (κ3) is 3.35. The van der Waals surface area contributed by atoms with Gasteiger partial charge in [-0.15, -0.1) is 0 Å². The van der Waals surface area contributed by atoms with E-state index in [1.165, 1.54) is 25.7 Å². The van der Waals surface area contributed by atoms with Crippen molar-refractivity contribution in [3.8, 4) is 5.88 Å². The van der Waals surface area contributed by atoms with Crippen LogP contribution in [0.1, 0.15) is 39.5 Å². The first kappa shape index (κ1) is 12.2. The van der Waals surface area contributed by atoms with Crippen LogP contribution < -0.4 is 10.1 Å². The molecule has 1 unspecified atom stereocenters. The Kier molecular flexibility index (Phi) is 4.24. The average Bonchev–Trinajstić information content (AvgIpc) is 2.27. The number of hydrogen-bond acceptors (Lipinski definition) is 3. The van der Waals surface area contributed by atoms with E-state index in [0.29, 0.717) is 12.6 Å². The summed E-state index contributed by atoms with van der Waals surface area (Å²) in [6.07, 6.45) is 7.23. The minimum atomic E-state index is 0.490. The Labute approximate surface area is 104 Å². The third-order valence-corrected chi connectivity index (χ3v) is 3.37. The Bertz CT molecular complexity index is 350. The summed E-state index contributed by atoms with van der Waals surface area (Å²) in [5.74, 6) is 1.64. The molecular weight excluding hydrogens is 212 g/mol. The Balaban J connectivity index is 1.91. The summed E-state index contributed by atoms with van der Waals surface area (Å²) in [5.41, 5.74) is 1.01. The number of rotatable bonds is 6. The number of nitrogens with zero attached hydrogens (tertiary/aromatic N) is 1. The topological polar surface area (TPSA) is 34.1 Å². The van der Waals surface area contributed by atoms with Gasteiger partial charge in [0.05, 0.1) is 12.3 Å². The van der Waals surface area contributed by atoms with Crippen molar-refractivity contribution < 1.29 is 4.74 Å². The van der Waals surface area contributed by atoms with Gasteiger partial charge in [0, 0.05) is 12.2 Å². The molecule has 3 heteroatoms. The molecule has 0 amide bonds. The smallest absolute Gasteiger partial charge is 0.237 e. The molecule has 1 saturated carbocycles. The molecule has 1 aromatic heterocycles. The summed E-state index contributed by atoms with van der Waals surface area (Å²) in [4.78, 5) is 4.25. The summed E-state index contributed by atoms with van der Waals surface area (Å²) in [6.45, 7) is 4.87. The zero-order valence-corrected chi connectivity index (χ0v) is 10.8. The van der Waals surface area contributed by atoms with E-state index in [9.17, 15) is 0 Å². The quantitative estimate of drug-likeness (QED) is 0.818. The van der Waals surface area contributed by atoms with Crippen LogP contribution in [0.3, 0.4) is 0 Å². The number of hydrogen-bond donors (Lipinski definition) is 1. The number of nitrogens with one attached hydrogen (secondary N) is 1. The van der Waals surface area contributed by atoms with E-state index in [-0.39, 0.29) is 0 Å². The van der Waals surface area contributed by atoms with Crippen LogP contribution in [0.4, 0.5) is 5.69 Å². The second-order valence-corrected chi connectivity index (χ2v) is 4.87. The summed E-state index contributed by atoms with van der Waals surface area (Å²) in [5, 5.41) is 3.51. The van der Waals surface area contributed by atoms with Crippen molar-refractivity contribution in [1.82, 2.24) is 4.98 Å². The molecule has 1 N–H and O–H groups in total. The fraction of sp³-hybridized carbons (Fsp3) is 0.643. The van der Waals surface area contributed by atoms with Crippen LogP contribution in [0, 0.1) is 5.92 Å². The number of ether oxygens (including phenoxy) is 1. The highest BCUT2D eigenvalue weighted by atomic mass is 16.5. The van der Waals surface area contributed by atoms with Gasteiger partial charge < -0.3 is 10.1 Å². The number of aromatic nitrogens is 1. The zero-order chi connectivity index (χ0) is 12.1. The van der Waals surface area contributed by atoms with Gasteiger partial charge in [-0.1, -0.05) is 19.3 Å². The van der Waals surface area contributed by atoms with Crippen molar-refractivity contribution in [2.24, 2.45) is 5.92 Å². The highest BCUT2D eigenvalue weighted by Crippen LogP contribution is 2.31. The van der Waals surface area contributed by atoms with Gasteiger partial charge >= 0.3 is 0 Å². The predicted molar refractivity (Wildman–Crippen MR) is 70.4 cm³/mol. The van der Waals surface area contributed by atoms with E-state index in [1.54, 1.807) is 6.20 Å². The van der Waals surface area contributed by atoms with E-state index >= 15 is 0 Å². The third-order valence-electron chi connectivity index (χ3n) is 3.37. The van der Waals surface area contributed by atoms with Gasteiger partial charge in [0.25, 0.3) is 0 Å². The van der Waals surface area contributed by atoms with Crippen molar-refractivity contribution in [2.45, 2.75) is 45.6 Å². The van der Waals surface area contributed by atoms with E-state index in [0.717, 1.165) is 17.5 Å². The lowest BCUT2D eigenvalue weighted by molar-refractivity contribution is 0.285. The summed E-state index contributed by atoms with van der Waals surface area (Å²) >= 11 is 0. The van der Waals surface area contributed by atoms with Crippen molar-refractivity contribution >= 4 is 5.69 Å². The molecule has 0 bridgehead atoms. The zero-order valence-electron chi connectivity index (χ0n) is 10.8. The second-order valence-electron chi connectivity index (χ2n) is 4.87. The Morgan fingerprint density at radius 1 is 1.53 bits per heavy atom. The molecule has 0 aromatic carbocycles. The summed E-state index contributed by atoms with van der Waals surface area (Å²) in [7, 11) is 0. The van der Waals surface area contributed by atoms with Crippen LogP contribution in [0.15, 0.2) is 18.3 Å². The molecule has 2 rings (SSSR count). The lowest BCUT2D eigenvalue weighted by atomic mass is 9.81. The number of anilines is 1. The molecule has 1 aliphatic rings. The first-order valence-electron chi connectivity index (χ1n) is 6.64. The Morgan fingerprint density at radius 3 is 3.00 bits per heavy atom. The molecule has 1 aliphatic carbocycles. The Hall–Kier alpha value is -1.25. The maximum atomic E-state index is 5.51. The minimum absolute atomic E-state index is 0.490. The fourth-order valence-corrected chi connectivity index (χ4v) is 2.31. The first-order chi connectivity index (χ1) is 8.29.